The Bertz CT molecular complexity index is 540. The molecule has 0 fully saturated rings. The highest BCUT2D eigenvalue weighted by molar-refractivity contribution is 6.35. The second-order valence-electron chi connectivity index (χ2n) is 3.63. The molecule has 0 bridgehead atoms. The molecule has 0 radical (unpaired) electrons. The fourth-order valence-electron chi connectivity index (χ4n) is 1.65. The first kappa shape index (κ1) is 11.3. The third-order valence-electron chi connectivity index (χ3n) is 2.34. The van der Waals surface area contributed by atoms with E-state index in [9.17, 15) is 8.78 Å². The first-order chi connectivity index (χ1) is 7.61. The topological polar surface area (TPSA) is 12.9 Å². The van der Waals surface area contributed by atoms with Gasteiger partial charge in [-0.3, -0.25) is 0 Å². The summed E-state index contributed by atoms with van der Waals surface area (Å²) in [7, 11) is 0. The SMILES string of the molecule is CCCc1cc(Cl)c2cc(F)cc(F)c2n1. The van der Waals surface area contributed by atoms with Crippen LogP contribution in [0.4, 0.5) is 8.78 Å². The Morgan fingerprint density at radius 3 is 2.69 bits per heavy atom. The number of aryl methyl sites for hydroxylation is 1. The summed E-state index contributed by atoms with van der Waals surface area (Å²) in [4.78, 5) is 4.14. The molecule has 2 aromatic rings. The zero-order chi connectivity index (χ0) is 11.7. The average molecular weight is 242 g/mol. The van der Waals surface area contributed by atoms with Crippen molar-refractivity contribution in [1.29, 1.82) is 0 Å². The lowest BCUT2D eigenvalue weighted by Crippen LogP contribution is -1.94. The van der Waals surface area contributed by atoms with Gasteiger partial charge in [-0.05, 0) is 18.6 Å². The molecule has 0 N–H and O–H groups in total. The number of pyridine rings is 1. The van der Waals surface area contributed by atoms with Crippen LogP contribution in [-0.2, 0) is 6.42 Å². The summed E-state index contributed by atoms with van der Waals surface area (Å²) in [6.07, 6.45) is 1.63. The molecule has 4 heteroatoms. The fourth-order valence-corrected chi connectivity index (χ4v) is 1.92. The molecule has 0 saturated carbocycles. The van der Waals surface area contributed by atoms with Gasteiger partial charge in [-0.1, -0.05) is 24.9 Å². The van der Waals surface area contributed by atoms with Gasteiger partial charge in [0.15, 0.2) is 5.82 Å². The molecular weight excluding hydrogens is 232 g/mol. The summed E-state index contributed by atoms with van der Waals surface area (Å²) in [5.41, 5.74) is 0.864. The largest absolute Gasteiger partial charge is 0.250 e. The molecule has 1 aromatic heterocycles. The zero-order valence-electron chi connectivity index (χ0n) is 8.73. The summed E-state index contributed by atoms with van der Waals surface area (Å²) in [6.45, 7) is 2.00. The molecule has 84 valence electrons. The molecule has 0 saturated heterocycles. The molecule has 0 aliphatic carbocycles. The number of halogens is 3. The highest BCUT2D eigenvalue weighted by Gasteiger charge is 2.10. The number of hydrogen-bond acceptors (Lipinski definition) is 1. The first-order valence-electron chi connectivity index (χ1n) is 5.06. The summed E-state index contributed by atoms with van der Waals surface area (Å²) >= 11 is 5.97. The van der Waals surface area contributed by atoms with E-state index in [2.05, 4.69) is 4.98 Å². The van der Waals surface area contributed by atoms with Gasteiger partial charge in [0.25, 0.3) is 0 Å². The predicted molar refractivity (Wildman–Crippen MR) is 60.7 cm³/mol. The van der Waals surface area contributed by atoms with Crippen molar-refractivity contribution >= 4 is 22.5 Å². The van der Waals surface area contributed by atoms with E-state index in [0.717, 1.165) is 24.6 Å². The van der Waals surface area contributed by atoms with Crippen molar-refractivity contribution in [1.82, 2.24) is 4.98 Å². The van der Waals surface area contributed by atoms with Crippen molar-refractivity contribution in [3.05, 3.63) is 40.6 Å². The van der Waals surface area contributed by atoms with Crippen LogP contribution >= 0.6 is 11.6 Å². The van der Waals surface area contributed by atoms with Crippen LogP contribution in [-0.4, -0.2) is 4.98 Å². The Morgan fingerprint density at radius 1 is 1.25 bits per heavy atom. The summed E-state index contributed by atoms with van der Waals surface area (Å²) in [6, 6.07) is 3.68. The maximum absolute atomic E-state index is 13.5. The van der Waals surface area contributed by atoms with Crippen molar-refractivity contribution in [2.45, 2.75) is 19.8 Å². The van der Waals surface area contributed by atoms with E-state index < -0.39 is 11.6 Å². The van der Waals surface area contributed by atoms with Gasteiger partial charge in [0.1, 0.15) is 11.3 Å². The van der Waals surface area contributed by atoms with E-state index >= 15 is 0 Å². The molecule has 1 nitrogen and oxygen atoms in total. The number of hydrogen-bond donors (Lipinski definition) is 0. The van der Waals surface area contributed by atoms with Crippen LogP contribution < -0.4 is 0 Å². The number of nitrogens with zero attached hydrogens (tertiary/aromatic N) is 1. The van der Waals surface area contributed by atoms with Crippen molar-refractivity contribution in [3.63, 3.8) is 0 Å². The molecule has 0 unspecified atom stereocenters. The molecule has 2 rings (SSSR count). The quantitative estimate of drug-likeness (QED) is 0.771. The van der Waals surface area contributed by atoms with Crippen LogP contribution in [0.5, 0.6) is 0 Å². The molecule has 0 aliphatic heterocycles. The highest BCUT2D eigenvalue weighted by Crippen LogP contribution is 2.26. The number of aromatic nitrogens is 1. The lowest BCUT2D eigenvalue weighted by Gasteiger charge is -2.05. The molecule has 0 spiro atoms. The Balaban J connectivity index is 2.71. The number of fused-ring (bicyclic) bond motifs is 1. The number of benzene rings is 1. The van der Waals surface area contributed by atoms with E-state index in [1.165, 1.54) is 6.07 Å². The van der Waals surface area contributed by atoms with Gasteiger partial charge in [-0.2, -0.15) is 0 Å². The monoisotopic (exact) mass is 241 g/mol. The molecule has 1 aromatic carbocycles. The Labute approximate surface area is 97.1 Å². The van der Waals surface area contributed by atoms with Crippen molar-refractivity contribution in [2.24, 2.45) is 0 Å². The summed E-state index contributed by atoms with van der Waals surface area (Å²) in [5, 5.41) is 0.658. The van der Waals surface area contributed by atoms with Gasteiger partial charge < -0.3 is 0 Å². The van der Waals surface area contributed by atoms with Crippen LogP contribution in [0.15, 0.2) is 18.2 Å². The first-order valence-corrected chi connectivity index (χ1v) is 5.43. The van der Waals surface area contributed by atoms with E-state index in [1.807, 2.05) is 6.92 Å². The van der Waals surface area contributed by atoms with Crippen LogP contribution in [0.25, 0.3) is 10.9 Å². The highest BCUT2D eigenvalue weighted by atomic mass is 35.5. The molecule has 0 atom stereocenters. The van der Waals surface area contributed by atoms with Gasteiger partial charge in [0, 0.05) is 17.1 Å². The minimum atomic E-state index is -0.671. The van der Waals surface area contributed by atoms with Crippen molar-refractivity contribution in [2.75, 3.05) is 0 Å². The minimum Gasteiger partial charge on any atom is -0.250 e. The van der Waals surface area contributed by atoms with Crippen LogP contribution in [0.2, 0.25) is 5.02 Å². The van der Waals surface area contributed by atoms with Gasteiger partial charge in [0.05, 0.1) is 5.02 Å². The van der Waals surface area contributed by atoms with Crippen LogP contribution in [0.3, 0.4) is 0 Å². The fraction of sp³-hybridized carbons (Fsp3) is 0.250. The maximum atomic E-state index is 13.5. The molecule has 0 aliphatic rings. The second-order valence-corrected chi connectivity index (χ2v) is 4.04. The molecular formula is C12H10ClF2N. The zero-order valence-corrected chi connectivity index (χ0v) is 9.48. The molecule has 0 amide bonds. The third kappa shape index (κ3) is 2.00. The second kappa shape index (κ2) is 4.34. The predicted octanol–water partition coefficient (Wildman–Crippen LogP) is 4.12. The Kier molecular flexibility index (Phi) is 3.06. The van der Waals surface area contributed by atoms with Gasteiger partial charge in [0.2, 0.25) is 0 Å². The lowest BCUT2D eigenvalue weighted by atomic mass is 10.1. The minimum absolute atomic E-state index is 0.136. The maximum Gasteiger partial charge on any atom is 0.152 e. The Morgan fingerprint density at radius 2 is 2.00 bits per heavy atom. The van der Waals surface area contributed by atoms with E-state index in [4.69, 9.17) is 11.6 Å². The van der Waals surface area contributed by atoms with E-state index in [0.29, 0.717) is 10.4 Å². The summed E-state index contributed by atoms with van der Waals surface area (Å²) < 4.78 is 26.5. The smallest absolute Gasteiger partial charge is 0.152 e. The van der Waals surface area contributed by atoms with Gasteiger partial charge in [-0.15, -0.1) is 0 Å². The van der Waals surface area contributed by atoms with Gasteiger partial charge in [-0.25, -0.2) is 13.8 Å². The molecule has 1 heterocycles. The van der Waals surface area contributed by atoms with Crippen molar-refractivity contribution in [3.8, 4) is 0 Å². The van der Waals surface area contributed by atoms with E-state index in [1.54, 1.807) is 6.07 Å². The third-order valence-corrected chi connectivity index (χ3v) is 2.65. The summed E-state index contributed by atoms with van der Waals surface area (Å²) in [5.74, 6) is -1.31. The molecule has 16 heavy (non-hydrogen) atoms. The van der Waals surface area contributed by atoms with Crippen molar-refractivity contribution < 1.29 is 8.78 Å². The average Bonchev–Trinajstić information content (AvgIpc) is 2.20. The lowest BCUT2D eigenvalue weighted by molar-refractivity contribution is 0.590. The Hall–Kier alpha value is -1.22. The van der Waals surface area contributed by atoms with E-state index in [-0.39, 0.29) is 5.52 Å². The van der Waals surface area contributed by atoms with Crippen LogP contribution in [0.1, 0.15) is 19.0 Å². The normalized spacial score (nSPS) is 11.0. The number of rotatable bonds is 2. The van der Waals surface area contributed by atoms with Crippen LogP contribution in [0, 0.1) is 11.6 Å². The van der Waals surface area contributed by atoms with Gasteiger partial charge >= 0.3 is 0 Å². The standard InChI is InChI=1S/C12H10ClF2N/c1-2-3-8-6-10(13)9-4-7(14)5-11(15)12(9)16-8/h4-6H,2-3H2,1H3.